The number of hydrogen-bond donors (Lipinski definition) is 2. The molecule has 0 amide bonds. The largest absolute Gasteiger partial charge is 0.396 e. The summed E-state index contributed by atoms with van der Waals surface area (Å²) < 4.78 is 0. The molecule has 96 valence electrons. The molecule has 1 aliphatic rings. The molecule has 0 bridgehead atoms. The molecule has 2 N–H and O–H groups in total. The van der Waals surface area contributed by atoms with Gasteiger partial charge >= 0.3 is 0 Å². The van der Waals surface area contributed by atoms with Gasteiger partial charge in [-0.25, -0.2) is 0 Å². The van der Waals surface area contributed by atoms with Crippen LogP contribution in [0, 0.1) is 5.92 Å². The highest BCUT2D eigenvalue weighted by atomic mass is 16.3. The zero-order valence-electron chi connectivity index (χ0n) is 10.8. The Morgan fingerprint density at radius 3 is 3.12 bits per heavy atom. The first kappa shape index (κ1) is 12.6. The van der Waals surface area contributed by atoms with E-state index in [0.29, 0.717) is 12.3 Å². The minimum Gasteiger partial charge on any atom is -0.396 e. The molecule has 2 rings (SSSR count). The Morgan fingerprint density at radius 1 is 1.59 bits per heavy atom. The fourth-order valence-corrected chi connectivity index (χ4v) is 2.59. The lowest BCUT2D eigenvalue weighted by Crippen LogP contribution is -2.24. The molecule has 4 nitrogen and oxygen atoms in total. The summed E-state index contributed by atoms with van der Waals surface area (Å²) in [4.78, 5) is 2.52. The second-order valence-corrected chi connectivity index (χ2v) is 5.43. The fourth-order valence-electron chi connectivity index (χ4n) is 2.59. The molecule has 0 saturated carbocycles. The number of rotatable bonds is 5. The van der Waals surface area contributed by atoms with Gasteiger partial charge in [-0.2, -0.15) is 5.10 Å². The summed E-state index contributed by atoms with van der Waals surface area (Å²) in [5.74, 6) is 1.30. The molecule has 0 aromatic carbocycles. The number of nitrogens with zero attached hydrogens (tertiary/aromatic N) is 2. The second-order valence-electron chi connectivity index (χ2n) is 5.43. The summed E-state index contributed by atoms with van der Waals surface area (Å²) in [5, 5.41) is 16.3. The first-order valence-electron chi connectivity index (χ1n) is 6.56. The third-order valence-corrected chi connectivity index (χ3v) is 3.35. The van der Waals surface area contributed by atoms with E-state index >= 15 is 0 Å². The topological polar surface area (TPSA) is 52.1 Å². The molecule has 1 atom stereocenters. The molecule has 4 heteroatoms. The summed E-state index contributed by atoms with van der Waals surface area (Å²) in [6.45, 7) is 8.21. The number of likely N-dealkylation sites (tertiary alicyclic amines) is 1. The molecule has 2 heterocycles. The summed E-state index contributed by atoms with van der Waals surface area (Å²) in [6.07, 6.45) is 1.88. The quantitative estimate of drug-likeness (QED) is 0.813. The van der Waals surface area contributed by atoms with Crippen LogP contribution >= 0.6 is 0 Å². The first-order valence-corrected chi connectivity index (χ1v) is 6.56. The molecular formula is C13H23N3O. The third-order valence-electron chi connectivity index (χ3n) is 3.35. The van der Waals surface area contributed by atoms with Crippen molar-refractivity contribution < 1.29 is 5.11 Å². The van der Waals surface area contributed by atoms with Crippen LogP contribution in [-0.2, 0) is 6.42 Å². The molecule has 0 aliphatic carbocycles. The number of H-pyrrole nitrogens is 1. The lowest BCUT2D eigenvalue weighted by atomic mass is 10.0. The van der Waals surface area contributed by atoms with Crippen LogP contribution < -0.4 is 0 Å². The van der Waals surface area contributed by atoms with Gasteiger partial charge in [0.1, 0.15) is 0 Å². The van der Waals surface area contributed by atoms with Gasteiger partial charge in [0.05, 0.1) is 5.69 Å². The van der Waals surface area contributed by atoms with Crippen LogP contribution in [0.25, 0.3) is 0 Å². The average Bonchev–Trinajstić information content (AvgIpc) is 2.86. The first-order chi connectivity index (χ1) is 8.19. The molecular weight excluding hydrogens is 214 g/mol. The molecule has 1 saturated heterocycles. The number of aromatic nitrogens is 2. The summed E-state index contributed by atoms with van der Waals surface area (Å²) in [7, 11) is 0. The number of aliphatic hydroxyl groups is 1. The van der Waals surface area contributed by atoms with Gasteiger partial charge in [0.2, 0.25) is 0 Å². The predicted octanol–water partition coefficient (Wildman–Crippen LogP) is 1.39. The Kier molecular flexibility index (Phi) is 4.18. The van der Waals surface area contributed by atoms with Gasteiger partial charge < -0.3 is 10.0 Å². The van der Waals surface area contributed by atoms with Crippen molar-refractivity contribution in [2.24, 2.45) is 5.92 Å². The van der Waals surface area contributed by atoms with E-state index in [-0.39, 0.29) is 6.61 Å². The van der Waals surface area contributed by atoms with Gasteiger partial charge in [0, 0.05) is 37.7 Å². The standard InChI is InChI=1S/C13H23N3O/c1-10(2)8-16-5-3-11(9-16)13-7-12(4-6-17)14-15-13/h7,10-11,17H,3-6,8-9H2,1-2H3,(H,14,15). The van der Waals surface area contributed by atoms with E-state index in [0.717, 1.165) is 18.2 Å². The fraction of sp³-hybridized carbons (Fsp3) is 0.769. The highest BCUT2D eigenvalue weighted by molar-refractivity contribution is 5.15. The van der Waals surface area contributed by atoms with Crippen molar-refractivity contribution in [1.29, 1.82) is 0 Å². The van der Waals surface area contributed by atoms with Crippen LogP contribution in [0.1, 0.15) is 37.6 Å². The molecule has 1 unspecified atom stereocenters. The molecule has 17 heavy (non-hydrogen) atoms. The van der Waals surface area contributed by atoms with Crippen LogP contribution in [0.3, 0.4) is 0 Å². The summed E-state index contributed by atoms with van der Waals surface area (Å²) in [6, 6.07) is 2.11. The van der Waals surface area contributed by atoms with Crippen LogP contribution in [0.2, 0.25) is 0 Å². The lowest BCUT2D eigenvalue weighted by molar-refractivity contribution is 0.294. The van der Waals surface area contributed by atoms with E-state index in [9.17, 15) is 0 Å². The highest BCUT2D eigenvalue weighted by Crippen LogP contribution is 2.26. The number of aliphatic hydroxyl groups excluding tert-OH is 1. The Bertz CT molecular complexity index is 348. The van der Waals surface area contributed by atoms with Gasteiger partial charge in [0.15, 0.2) is 0 Å². The van der Waals surface area contributed by atoms with Crippen molar-refractivity contribution >= 4 is 0 Å². The van der Waals surface area contributed by atoms with Crippen LogP contribution in [-0.4, -0.2) is 46.4 Å². The minimum atomic E-state index is 0.186. The van der Waals surface area contributed by atoms with Gasteiger partial charge in [0.25, 0.3) is 0 Å². The van der Waals surface area contributed by atoms with Crippen molar-refractivity contribution in [3.8, 4) is 0 Å². The van der Waals surface area contributed by atoms with Crippen molar-refractivity contribution in [1.82, 2.24) is 15.1 Å². The number of hydrogen-bond acceptors (Lipinski definition) is 3. The predicted molar refractivity (Wildman–Crippen MR) is 68.0 cm³/mol. The van der Waals surface area contributed by atoms with Crippen LogP contribution in [0.5, 0.6) is 0 Å². The summed E-state index contributed by atoms with van der Waals surface area (Å²) in [5.41, 5.74) is 2.21. The maximum absolute atomic E-state index is 8.88. The normalized spacial score (nSPS) is 21.5. The van der Waals surface area contributed by atoms with Gasteiger partial charge in [-0.1, -0.05) is 13.8 Å². The van der Waals surface area contributed by atoms with E-state index in [1.54, 1.807) is 0 Å². The van der Waals surface area contributed by atoms with Crippen LogP contribution in [0.15, 0.2) is 6.07 Å². The van der Waals surface area contributed by atoms with Crippen molar-refractivity contribution in [2.75, 3.05) is 26.2 Å². The van der Waals surface area contributed by atoms with Crippen molar-refractivity contribution in [3.63, 3.8) is 0 Å². The maximum atomic E-state index is 8.88. The number of nitrogens with one attached hydrogen (secondary N) is 1. The number of aromatic amines is 1. The maximum Gasteiger partial charge on any atom is 0.0669 e. The second kappa shape index (κ2) is 5.65. The summed E-state index contributed by atoms with van der Waals surface area (Å²) >= 11 is 0. The Balaban J connectivity index is 1.90. The zero-order chi connectivity index (χ0) is 12.3. The Labute approximate surface area is 103 Å². The van der Waals surface area contributed by atoms with E-state index in [4.69, 9.17) is 5.11 Å². The van der Waals surface area contributed by atoms with E-state index in [1.165, 1.54) is 25.2 Å². The smallest absolute Gasteiger partial charge is 0.0669 e. The minimum absolute atomic E-state index is 0.186. The van der Waals surface area contributed by atoms with Crippen LogP contribution in [0.4, 0.5) is 0 Å². The van der Waals surface area contributed by atoms with Crippen molar-refractivity contribution in [2.45, 2.75) is 32.6 Å². The van der Waals surface area contributed by atoms with Gasteiger partial charge in [-0.05, 0) is 24.9 Å². The molecule has 1 aliphatic heterocycles. The average molecular weight is 237 g/mol. The molecule has 0 spiro atoms. The van der Waals surface area contributed by atoms with Gasteiger partial charge in [-0.3, -0.25) is 5.10 Å². The van der Waals surface area contributed by atoms with Gasteiger partial charge in [-0.15, -0.1) is 0 Å². The third kappa shape index (κ3) is 3.30. The molecule has 0 radical (unpaired) electrons. The zero-order valence-corrected chi connectivity index (χ0v) is 10.8. The SMILES string of the molecule is CC(C)CN1CCC(c2cc(CCO)[nH]n2)C1. The lowest BCUT2D eigenvalue weighted by Gasteiger charge is -2.17. The monoisotopic (exact) mass is 237 g/mol. The van der Waals surface area contributed by atoms with E-state index < -0.39 is 0 Å². The molecule has 1 aromatic rings. The van der Waals surface area contributed by atoms with E-state index in [1.807, 2.05) is 0 Å². The van der Waals surface area contributed by atoms with E-state index in [2.05, 4.69) is 35.0 Å². The molecule has 1 aromatic heterocycles. The Hall–Kier alpha value is -0.870. The van der Waals surface area contributed by atoms with Crippen molar-refractivity contribution in [3.05, 3.63) is 17.5 Å². The Morgan fingerprint density at radius 2 is 2.41 bits per heavy atom. The molecule has 1 fully saturated rings. The highest BCUT2D eigenvalue weighted by Gasteiger charge is 2.25.